The molecule has 0 aliphatic carbocycles. The molecule has 5 heteroatoms. The van der Waals surface area contributed by atoms with Gasteiger partial charge in [-0.2, -0.15) is 0 Å². The molecule has 0 unspecified atom stereocenters. The molecule has 0 heterocycles. The molecule has 0 aliphatic heterocycles. The maximum absolute atomic E-state index is 11.7. The van der Waals surface area contributed by atoms with Gasteiger partial charge < -0.3 is 14.8 Å². The van der Waals surface area contributed by atoms with Crippen molar-refractivity contribution in [3.8, 4) is 0 Å². The molecule has 0 saturated heterocycles. The van der Waals surface area contributed by atoms with Crippen molar-refractivity contribution < 1.29 is 19.1 Å². The number of alkyl carbamates (subject to hydrolysis) is 1. The molecule has 0 rings (SSSR count). The summed E-state index contributed by atoms with van der Waals surface area (Å²) < 4.78 is 10.4. The minimum atomic E-state index is -0.320. The fourth-order valence-corrected chi connectivity index (χ4v) is 3.18. The molecule has 0 spiro atoms. The van der Waals surface area contributed by atoms with Crippen LogP contribution in [0, 0.1) is 0 Å². The molecule has 0 aromatic rings. The minimum Gasteiger partial charge on any atom is -0.466 e. The van der Waals surface area contributed by atoms with E-state index in [9.17, 15) is 9.59 Å². The number of carbonyl (C=O) groups excluding carboxylic acids is 2. The molecule has 0 bridgehead atoms. The number of hydrogen-bond acceptors (Lipinski definition) is 4. The average Bonchev–Trinajstić information content (AvgIpc) is 2.71. The van der Waals surface area contributed by atoms with Crippen LogP contribution in [-0.2, 0) is 14.3 Å². The fraction of sp³-hybridized carbons (Fsp3) is 0.917. The maximum atomic E-state index is 11.7. The summed E-state index contributed by atoms with van der Waals surface area (Å²) in [6.07, 6.45) is 18.5. The predicted octanol–water partition coefficient (Wildman–Crippen LogP) is 6.93. The van der Waals surface area contributed by atoms with Crippen LogP contribution in [0.2, 0.25) is 0 Å². The summed E-state index contributed by atoms with van der Waals surface area (Å²) in [6.45, 7) is 6.02. The Kier molecular flexibility index (Phi) is 22.0. The van der Waals surface area contributed by atoms with Crippen molar-refractivity contribution in [3.05, 3.63) is 0 Å². The molecular weight excluding hydrogens is 366 g/mol. The molecule has 1 amide bonds. The second-order valence-electron chi connectivity index (χ2n) is 7.98. The summed E-state index contributed by atoms with van der Waals surface area (Å²) >= 11 is 0. The first kappa shape index (κ1) is 27.7. The predicted molar refractivity (Wildman–Crippen MR) is 120 cm³/mol. The second kappa shape index (κ2) is 23.0. The van der Waals surface area contributed by atoms with Crippen LogP contribution in [0.25, 0.3) is 0 Å². The van der Waals surface area contributed by atoms with E-state index in [1.807, 2.05) is 0 Å². The van der Waals surface area contributed by atoms with E-state index >= 15 is 0 Å². The van der Waals surface area contributed by atoms with Gasteiger partial charge in [0.1, 0.15) is 0 Å². The Labute approximate surface area is 179 Å². The second-order valence-corrected chi connectivity index (χ2v) is 7.98. The van der Waals surface area contributed by atoms with Gasteiger partial charge in [0.25, 0.3) is 0 Å². The largest absolute Gasteiger partial charge is 0.466 e. The van der Waals surface area contributed by atoms with Gasteiger partial charge in [0, 0.05) is 13.0 Å². The third kappa shape index (κ3) is 22.9. The standard InChI is InChI=1S/C24H47NO4/c1-3-5-7-9-11-12-15-19-23(26)28-21-17-14-18-22-29-24(27)25-20-16-13-10-8-6-4-2/h3-22H2,1-2H3,(H,25,27). The summed E-state index contributed by atoms with van der Waals surface area (Å²) in [5, 5.41) is 2.80. The molecule has 0 aromatic carbocycles. The lowest BCUT2D eigenvalue weighted by Crippen LogP contribution is -2.25. The Balaban J connectivity index is 3.27. The van der Waals surface area contributed by atoms with E-state index in [0.29, 0.717) is 26.2 Å². The molecule has 0 aromatic heterocycles. The molecule has 172 valence electrons. The van der Waals surface area contributed by atoms with E-state index in [1.165, 1.54) is 57.8 Å². The van der Waals surface area contributed by atoms with Crippen molar-refractivity contribution in [1.29, 1.82) is 0 Å². The lowest BCUT2D eigenvalue weighted by Gasteiger charge is -2.07. The zero-order chi connectivity index (χ0) is 21.4. The fourth-order valence-electron chi connectivity index (χ4n) is 3.18. The van der Waals surface area contributed by atoms with Gasteiger partial charge >= 0.3 is 12.1 Å². The Morgan fingerprint density at radius 3 is 1.69 bits per heavy atom. The van der Waals surface area contributed by atoms with Crippen LogP contribution in [0.1, 0.15) is 123 Å². The van der Waals surface area contributed by atoms with Crippen LogP contribution in [0.3, 0.4) is 0 Å². The summed E-state index contributed by atoms with van der Waals surface area (Å²) in [5.74, 6) is -0.0797. The summed E-state index contributed by atoms with van der Waals surface area (Å²) in [5.41, 5.74) is 0. The van der Waals surface area contributed by atoms with Crippen LogP contribution < -0.4 is 5.32 Å². The molecule has 0 radical (unpaired) electrons. The molecular formula is C24H47NO4. The normalized spacial score (nSPS) is 10.7. The third-order valence-corrected chi connectivity index (χ3v) is 5.07. The van der Waals surface area contributed by atoms with Gasteiger partial charge in [0.2, 0.25) is 0 Å². The van der Waals surface area contributed by atoms with E-state index in [2.05, 4.69) is 19.2 Å². The topological polar surface area (TPSA) is 64.6 Å². The zero-order valence-corrected chi connectivity index (χ0v) is 19.3. The van der Waals surface area contributed by atoms with Crippen molar-refractivity contribution in [2.45, 2.75) is 123 Å². The zero-order valence-electron chi connectivity index (χ0n) is 19.3. The highest BCUT2D eigenvalue weighted by molar-refractivity contribution is 5.69. The van der Waals surface area contributed by atoms with E-state index in [1.54, 1.807) is 0 Å². The van der Waals surface area contributed by atoms with Gasteiger partial charge in [-0.3, -0.25) is 4.79 Å². The summed E-state index contributed by atoms with van der Waals surface area (Å²) in [4.78, 5) is 23.2. The molecule has 1 N–H and O–H groups in total. The van der Waals surface area contributed by atoms with Gasteiger partial charge in [0.05, 0.1) is 13.2 Å². The highest BCUT2D eigenvalue weighted by Crippen LogP contribution is 2.09. The number of ether oxygens (including phenoxy) is 2. The van der Waals surface area contributed by atoms with E-state index in [0.717, 1.165) is 44.9 Å². The lowest BCUT2D eigenvalue weighted by atomic mass is 10.1. The first-order valence-electron chi connectivity index (χ1n) is 12.3. The molecule has 0 fully saturated rings. The van der Waals surface area contributed by atoms with Gasteiger partial charge in [-0.05, 0) is 32.1 Å². The monoisotopic (exact) mass is 413 g/mol. The van der Waals surface area contributed by atoms with Gasteiger partial charge in [-0.25, -0.2) is 4.79 Å². The quantitative estimate of drug-likeness (QED) is 0.164. The Bertz CT molecular complexity index is 340. The lowest BCUT2D eigenvalue weighted by molar-refractivity contribution is -0.143. The van der Waals surface area contributed by atoms with E-state index < -0.39 is 0 Å². The molecule has 0 atom stereocenters. The molecule has 5 nitrogen and oxygen atoms in total. The minimum absolute atomic E-state index is 0.0797. The number of amides is 1. The number of hydrogen-bond donors (Lipinski definition) is 1. The van der Waals surface area contributed by atoms with Crippen LogP contribution in [0.4, 0.5) is 4.79 Å². The third-order valence-electron chi connectivity index (χ3n) is 5.07. The Morgan fingerprint density at radius 1 is 0.586 bits per heavy atom. The molecule has 0 saturated carbocycles. The van der Waals surface area contributed by atoms with Gasteiger partial charge in [-0.1, -0.05) is 84.5 Å². The number of esters is 1. The number of carbonyl (C=O) groups is 2. The average molecular weight is 414 g/mol. The number of unbranched alkanes of at least 4 members (excludes halogenated alkanes) is 13. The van der Waals surface area contributed by atoms with Crippen LogP contribution in [-0.4, -0.2) is 31.8 Å². The molecule has 29 heavy (non-hydrogen) atoms. The first-order chi connectivity index (χ1) is 14.2. The van der Waals surface area contributed by atoms with Gasteiger partial charge in [0.15, 0.2) is 0 Å². The highest BCUT2D eigenvalue weighted by atomic mass is 16.5. The van der Waals surface area contributed by atoms with Gasteiger partial charge in [-0.15, -0.1) is 0 Å². The van der Waals surface area contributed by atoms with Crippen LogP contribution >= 0.6 is 0 Å². The Morgan fingerprint density at radius 2 is 1.07 bits per heavy atom. The van der Waals surface area contributed by atoms with Crippen molar-refractivity contribution in [2.24, 2.45) is 0 Å². The first-order valence-corrected chi connectivity index (χ1v) is 12.3. The van der Waals surface area contributed by atoms with Crippen molar-refractivity contribution in [1.82, 2.24) is 5.32 Å². The van der Waals surface area contributed by atoms with Crippen LogP contribution in [0.15, 0.2) is 0 Å². The maximum Gasteiger partial charge on any atom is 0.407 e. The van der Waals surface area contributed by atoms with Crippen LogP contribution in [0.5, 0.6) is 0 Å². The number of nitrogens with one attached hydrogen (secondary N) is 1. The Hall–Kier alpha value is -1.26. The highest BCUT2D eigenvalue weighted by Gasteiger charge is 2.03. The van der Waals surface area contributed by atoms with Crippen molar-refractivity contribution in [3.63, 3.8) is 0 Å². The summed E-state index contributed by atoms with van der Waals surface area (Å²) in [7, 11) is 0. The SMILES string of the molecule is CCCCCCCCCC(=O)OCCCCCOC(=O)NCCCCCCCC. The summed E-state index contributed by atoms with van der Waals surface area (Å²) in [6, 6.07) is 0. The van der Waals surface area contributed by atoms with Crippen molar-refractivity contribution in [2.75, 3.05) is 19.8 Å². The smallest absolute Gasteiger partial charge is 0.407 e. The molecule has 0 aliphatic rings. The van der Waals surface area contributed by atoms with E-state index in [4.69, 9.17) is 9.47 Å². The van der Waals surface area contributed by atoms with E-state index in [-0.39, 0.29) is 12.1 Å². The number of rotatable bonds is 21. The van der Waals surface area contributed by atoms with Crippen molar-refractivity contribution >= 4 is 12.1 Å².